The molecule has 35 heavy (non-hydrogen) atoms. The maximum Gasteiger partial charge on any atom is 0.263 e. The Morgan fingerprint density at radius 1 is 1.17 bits per heavy atom. The zero-order valence-electron chi connectivity index (χ0n) is 19.5. The minimum Gasteiger partial charge on any atom is -0.495 e. The third-order valence-electron chi connectivity index (χ3n) is 5.77. The lowest BCUT2D eigenvalue weighted by Gasteiger charge is -2.25. The van der Waals surface area contributed by atoms with Crippen LogP contribution in [0.15, 0.2) is 28.2 Å². The van der Waals surface area contributed by atoms with Gasteiger partial charge in [-0.05, 0) is 25.8 Å². The van der Waals surface area contributed by atoms with Crippen LogP contribution in [0.5, 0.6) is 11.5 Å². The lowest BCUT2D eigenvalue weighted by Crippen LogP contribution is -2.36. The number of carbonyl (C=O) groups is 1. The molecule has 0 atom stereocenters. The largest absolute Gasteiger partial charge is 0.495 e. The van der Waals surface area contributed by atoms with Gasteiger partial charge in [-0.15, -0.1) is 11.3 Å². The zero-order chi connectivity index (χ0) is 25.3. The number of rotatable bonds is 7. The summed E-state index contributed by atoms with van der Waals surface area (Å²) in [6, 6.07) is 3.01. The monoisotopic (exact) mass is 540 g/mol. The van der Waals surface area contributed by atoms with Crippen molar-refractivity contribution in [3.63, 3.8) is 0 Å². The first-order valence-corrected chi connectivity index (χ1v) is 13.5. The van der Waals surface area contributed by atoms with Crippen LogP contribution in [-0.4, -0.2) is 55.5 Å². The molecule has 188 valence electrons. The third kappa shape index (κ3) is 4.88. The van der Waals surface area contributed by atoms with Crippen molar-refractivity contribution in [1.29, 1.82) is 0 Å². The van der Waals surface area contributed by atoms with Crippen LogP contribution >= 0.6 is 22.9 Å². The number of hydrogen-bond donors (Lipinski definition) is 1. The Bertz CT molecular complexity index is 1440. The van der Waals surface area contributed by atoms with E-state index in [9.17, 15) is 18.0 Å². The van der Waals surface area contributed by atoms with E-state index in [0.29, 0.717) is 40.0 Å². The van der Waals surface area contributed by atoms with E-state index in [-0.39, 0.29) is 21.8 Å². The maximum absolute atomic E-state index is 13.4. The predicted octanol–water partition coefficient (Wildman–Crippen LogP) is 3.25. The van der Waals surface area contributed by atoms with Gasteiger partial charge in [-0.25, -0.2) is 13.4 Å². The molecule has 0 bridgehead atoms. The Kier molecular flexibility index (Phi) is 7.36. The summed E-state index contributed by atoms with van der Waals surface area (Å²) in [7, 11) is -0.973. The summed E-state index contributed by atoms with van der Waals surface area (Å²) in [5.41, 5.74) is -0.296. The summed E-state index contributed by atoms with van der Waals surface area (Å²) in [5, 5.41) is 2.94. The second-order valence-corrected chi connectivity index (χ2v) is 11.5. The SMILES string of the molecule is COc1cc(OC)c(NC(=O)Cn2cnc3sc(C)c(S(=O)(=O)N4CCCCC4)c3c2=O)cc1Cl. The number of nitrogens with one attached hydrogen (secondary N) is 1. The summed E-state index contributed by atoms with van der Waals surface area (Å²) < 4.78 is 39.8. The lowest BCUT2D eigenvalue weighted by atomic mass is 10.2. The number of amides is 1. The van der Waals surface area contributed by atoms with Gasteiger partial charge in [-0.2, -0.15) is 4.31 Å². The van der Waals surface area contributed by atoms with E-state index >= 15 is 0 Å². The number of anilines is 1. The van der Waals surface area contributed by atoms with Crippen molar-refractivity contribution in [2.45, 2.75) is 37.6 Å². The topological polar surface area (TPSA) is 120 Å². The van der Waals surface area contributed by atoms with E-state index in [0.717, 1.165) is 35.2 Å². The summed E-state index contributed by atoms with van der Waals surface area (Å²) in [6.45, 7) is 2.12. The van der Waals surface area contributed by atoms with Gasteiger partial charge in [-0.1, -0.05) is 18.0 Å². The van der Waals surface area contributed by atoms with E-state index in [1.54, 1.807) is 6.92 Å². The summed E-state index contributed by atoms with van der Waals surface area (Å²) in [4.78, 5) is 31.2. The molecule has 0 radical (unpaired) electrons. The van der Waals surface area contributed by atoms with Gasteiger partial charge in [0.25, 0.3) is 5.56 Å². The van der Waals surface area contributed by atoms with Gasteiger partial charge in [0.1, 0.15) is 27.8 Å². The molecule has 1 aliphatic heterocycles. The molecule has 10 nitrogen and oxygen atoms in total. The average molecular weight is 541 g/mol. The van der Waals surface area contributed by atoms with Crippen LogP contribution in [0.2, 0.25) is 5.02 Å². The predicted molar refractivity (Wildman–Crippen MR) is 134 cm³/mol. The standard InChI is InChI=1S/C22H25ClN4O6S2/c1-13-20(35(30,31)27-7-5-4-6-8-27)19-21(34-13)24-12-26(22(19)29)11-18(28)25-15-9-14(23)16(32-2)10-17(15)33-3/h9-10,12H,4-8,11H2,1-3H3,(H,25,28). The Balaban J connectivity index is 1.67. The number of thiophene rings is 1. The highest BCUT2D eigenvalue weighted by Gasteiger charge is 2.32. The van der Waals surface area contributed by atoms with Gasteiger partial charge in [0.15, 0.2) is 0 Å². The molecule has 1 aliphatic rings. The number of halogens is 1. The van der Waals surface area contributed by atoms with Crippen molar-refractivity contribution in [2.75, 3.05) is 32.6 Å². The molecule has 0 unspecified atom stereocenters. The molecule has 1 fully saturated rings. The van der Waals surface area contributed by atoms with Crippen LogP contribution in [0.4, 0.5) is 5.69 Å². The van der Waals surface area contributed by atoms with Gasteiger partial charge >= 0.3 is 0 Å². The first-order chi connectivity index (χ1) is 16.7. The van der Waals surface area contributed by atoms with Crippen LogP contribution in [0.25, 0.3) is 10.2 Å². The Hall–Kier alpha value is -2.67. The molecule has 3 heterocycles. The molecule has 0 saturated carbocycles. The number of piperidine rings is 1. The molecule has 0 spiro atoms. The molecule has 4 rings (SSSR count). The van der Waals surface area contributed by atoms with Crippen LogP contribution < -0.4 is 20.3 Å². The lowest BCUT2D eigenvalue weighted by molar-refractivity contribution is -0.116. The van der Waals surface area contributed by atoms with E-state index in [4.69, 9.17) is 21.1 Å². The number of nitrogens with zero attached hydrogens (tertiary/aromatic N) is 3. The summed E-state index contributed by atoms with van der Waals surface area (Å²) in [6.07, 6.45) is 3.78. The highest BCUT2D eigenvalue weighted by Crippen LogP contribution is 2.36. The van der Waals surface area contributed by atoms with Gasteiger partial charge in [0.2, 0.25) is 15.9 Å². The quantitative estimate of drug-likeness (QED) is 0.488. The number of fused-ring (bicyclic) bond motifs is 1. The van der Waals surface area contributed by atoms with Gasteiger partial charge < -0.3 is 14.8 Å². The number of aryl methyl sites for hydroxylation is 1. The van der Waals surface area contributed by atoms with Crippen molar-refractivity contribution in [3.05, 3.63) is 38.7 Å². The number of benzene rings is 1. The van der Waals surface area contributed by atoms with Crippen molar-refractivity contribution >= 4 is 54.8 Å². The third-order valence-corrected chi connectivity index (χ3v) is 9.28. The van der Waals surface area contributed by atoms with Crippen LogP contribution in [0.1, 0.15) is 24.1 Å². The molecule has 1 amide bonds. The number of aromatic nitrogens is 2. The fraction of sp³-hybridized carbons (Fsp3) is 0.409. The number of sulfonamides is 1. The van der Waals surface area contributed by atoms with Crippen LogP contribution in [-0.2, 0) is 21.4 Å². The highest BCUT2D eigenvalue weighted by molar-refractivity contribution is 7.89. The molecule has 0 aliphatic carbocycles. The van der Waals surface area contributed by atoms with E-state index in [2.05, 4.69) is 10.3 Å². The van der Waals surface area contributed by atoms with Crippen molar-refractivity contribution < 1.29 is 22.7 Å². The minimum atomic E-state index is -3.87. The van der Waals surface area contributed by atoms with Crippen molar-refractivity contribution in [1.82, 2.24) is 13.9 Å². The highest BCUT2D eigenvalue weighted by atomic mass is 35.5. The molecule has 1 saturated heterocycles. The van der Waals surface area contributed by atoms with E-state index < -0.39 is 21.5 Å². The molecule has 13 heteroatoms. The van der Waals surface area contributed by atoms with Crippen LogP contribution in [0.3, 0.4) is 0 Å². The number of carbonyl (C=O) groups excluding carboxylic acids is 1. The first-order valence-electron chi connectivity index (χ1n) is 10.9. The summed E-state index contributed by atoms with van der Waals surface area (Å²) in [5.74, 6) is 0.159. The normalized spacial score (nSPS) is 14.7. The molecule has 1 aromatic carbocycles. The number of ether oxygens (including phenoxy) is 2. The Labute approximate surface area is 211 Å². The van der Waals surface area contributed by atoms with Gasteiger partial charge in [0, 0.05) is 24.0 Å². The van der Waals surface area contributed by atoms with E-state index in [1.807, 2.05) is 0 Å². The second-order valence-electron chi connectivity index (χ2n) is 8.05. The Morgan fingerprint density at radius 3 is 2.51 bits per heavy atom. The van der Waals surface area contributed by atoms with Crippen molar-refractivity contribution in [2.24, 2.45) is 0 Å². The van der Waals surface area contributed by atoms with Crippen molar-refractivity contribution in [3.8, 4) is 11.5 Å². The maximum atomic E-state index is 13.4. The fourth-order valence-electron chi connectivity index (χ4n) is 4.07. The van der Waals surface area contributed by atoms with Gasteiger partial charge in [0.05, 0.1) is 36.6 Å². The molecule has 1 N–H and O–H groups in total. The molecule has 3 aromatic rings. The minimum absolute atomic E-state index is 0.0124. The molecular formula is C22H25ClN4O6S2. The fourth-order valence-corrected chi connectivity index (χ4v) is 7.50. The smallest absolute Gasteiger partial charge is 0.263 e. The molecular weight excluding hydrogens is 516 g/mol. The number of hydrogen-bond acceptors (Lipinski definition) is 8. The molecule has 2 aromatic heterocycles. The summed E-state index contributed by atoms with van der Waals surface area (Å²) >= 11 is 7.31. The average Bonchev–Trinajstić information content (AvgIpc) is 3.19. The first kappa shape index (κ1) is 25.4. The van der Waals surface area contributed by atoms with Crippen LogP contribution in [0, 0.1) is 6.92 Å². The Morgan fingerprint density at radius 2 is 1.86 bits per heavy atom. The second kappa shape index (κ2) is 10.1. The van der Waals surface area contributed by atoms with E-state index in [1.165, 1.54) is 37.0 Å². The zero-order valence-corrected chi connectivity index (χ0v) is 21.8. The van der Waals surface area contributed by atoms with Gasteiger partial charge in [-0.3, -0.25) is 14.2 Å². The number of methoxy groups -OCH3 is 2.